The second kappa shape index (κ2) is 8.90. The highest BCUT2D eigenvalue weighted by Gasteiger charge is 2.27. The first-order valence-electron chi connectivity index (χ1n) is 8.94. The van der Waals surface area contributed by atoms with E-state index in [4.69, 9.17) is 16.3 Å². The van der Waals surface area contributed by atoms with Gasteiger partial charge in [0.25, 0.3) is 5.69 Å². The summed E-state index contributed by atoms with van der Waals surface area (Å²) in [7, 11) is -3.59. The second-order valence-corrected chi connectivity index (χ2v) is 8.90. The van der Waals surface area contributed by atoms with Crippen LogP contribution in [0.5, 0.6) is 0 Å². The van der Waals surface area contributed by atoms with Gasteiger partial charge in [0.05, 0.1) is 15.4 Å². The molecule has 3 rings (SSSR count). The minimum atomic E-state index is -3.59. The predicted octanol–water partition coefficient (Wildman–Crippen LogP) is 3.07. The maximum atomic E-state index is 12.5. The number of rotatable bonds is 7. The van der Waals surface area contributed by atoms with Crippen molar-refractivity contribution in [2.75, 3.05) is 19.7 Å². The molecule has 30 heavy (non-hydrogen) atoms. The van der Waals surface area contributed by atoms with Gasteiger partial charge < -0.3 is 4.74 Å². The molecule has 1 saturated heterocycles. The zero-order valence-electron chi connectivity index (χ0n) is 15.6. The first kappa shape index (κ1) is 21.9. The third-order valence-electron chi connectivity index (χ3n) is 4.59. The summed E-state index contributed by atoms with van der Waals surface area (Å²) in [6, 6.07) is 8.79. The van der Waals surface area contributed by atoms with Crippen LogP contribution in [0.25, 0.3) is 0 Å². The number of nitro groups is 1. The van der Waals surface area contributed by atoms with Gasteiger partial charge >= 0.3 is 5.97 Å². The van der Waals surface area contributed by atoms with Crippen molar-refractivity contribution >= 4 is 39.1 Å². The van der Waals surface area contributed by atoms with Crippen molar-refractivity contribution in [2.45, 2.75) is 17.7 Å². The average Bonchev–Trinajstić information content (AvgIpc) is 3.28. The fraction of sp³-hybridized carbons (Fsp3) is 0.263. The minimum Gasteiger partial charge on any atom is -0.454 e. The van der Waals surface area contributed by atoms with Crippen molar-refractivity contribution in [3.8, 4) is 0 Å². The molecule has 0 bridgehead atoms. The number of Topliss-reactive ketones (excluding diaryl/α,β-unsaturated/α-hetero) is 1. The zero-order chi connectivity index (χ0) is 21.9. The van der Waals surface area contributed by atoms with Crippen LogP contribution in [0, 0.1) is 10.1 Å². The van der Waals surface area contributed by atoms with Crippen molar-refractivity contribution < 1.29 is 27.7 Å². The molecule has 1 heterocycles. The number of carbonyl (C=O) groups is 2. The van der Waals surface area contributed by atoms with E-state index in [1.54, 1.807) is 0 Å². The van der Waals surface area contributed by atoms with E-state index in [1.807, 2.05) is 0 Å². The van der Waals surface area contributed by atoms with Crippen LogP contribution in [0.3, 0.4) is 0 Å². The monoisotopic (exact) mass is 452 g/mol. The van der Waals surface area contributed by atoms with Crippen LogP contribution in [0.15, 0.2) is 47.4 Å². The summed E-state index contributed by atoms with van der Waals surface area (Å²) in [6.45, 7) is 0.344. The lowest BCUT2D eigenvalue weighted by Gasteiger charge is -2.15. The normalized spacial score (nSPS) is 14.4. The Bertz CT molecular complexity index is 1090. The first-order valence-corrected chi connectivity index (χ1v) is 10.8. The van der Waals surface area contributed by atoms with Gasteiger partial charge in [-0.2, -0.15) is 4.31 Å². The second-order valence-electron chi connectivity index (χ2n) is 6.56. The largest absolute Gasteiger partial charge is 0.454 e. The summed E-state index contributed by atoms with van der Waals surface area (Å²) < 4.78 is 31.3. The number of benzene rings is 2. The number of sulfonamides is 1. The fourth-order valence-electron chi connectivity index (χ4n) is 2.97. The summed E-state index contributed by atoms with van der Waals surface area (Å²) in [5, 5.41) is 10.8. The van der Waals surface area contributed by atoms with Crippen LogP contribution >= 0.6 is 11.6 Å². The van der Waals surface area contributed by atoms with Gasteiger partial charge in [-0.05, 0) is 49.2 Å². The predicted molar refractivity (Wildman–Crippen MR) is 107 cm³/mol. The molecule has 0 saturated carbocycles. The molecule has 0 unspecified atom stereocenters. The maximum Gasteiger partial charge on any atom is 0.338 e. The Balaban J connectivity index is 1.64. The lowest BCUT2D eigenvalue weighted by Crippen LogP contribution is -2.27. The topological polar surface area (TPSA) is 124 Å². The van der Waals surface area contributed by atoms with Gasteiger partial charge in [0.2, 0.25) is 10.0 Å². The molecule has 0 atom stereocenters. The summed E-state index contributed by atoms with van der Waals surface area (Å²) in [4.78, 5) is 34.6. The van der Waals surface area contributed by atoms with Crippen LogP contribution in [0.4, 0.5) is 5.69 Å². The minimum absolute atomic E-state index is 0.0893. The Kier molecular flexibility index (Phi) is 6.49. The molecule has 9 nitrogen and oxygen atoms in total. The van der Waals surface area contributed by atoms with E-state index in [0.29, 0.717) is 13.1 Å². The van der Waals surface area contributed by atoms with Crippen LogP contribution in [0.1, 0.15) is 33.6 Å². The smallest absolute Gasteiger partial charge is 0.338 e. The molecule has 0 N–H and O–H groups in total. The van der Waals surface area contributed by atoms with Crippen LogP contribution in [-0.2, 0) is 14.8 Å². The fourth-order valence-corrected chi connectivity index (χ4v) is 4.67. The molecule has 11 heteroatoms. The number of hydrogen-bond acceptors (Lipinski definition) is 7. The number of nitrogens with zero attached hydrogens (tertiary/aromatic N) is 2. The van der Waals surface area contributed by atoms with Gasteiger partial charge in [0.1, 0.15) is 5.02 Å². The van der Waals surface area contributed by atoms with E-state index in [1.165, 1.54) is 40.7 Å². The Morgan fingerprint density at radius 2 is 1.67 bits per heavy atom. The van der Waals surface area contributed by atoms with Crippen molar-refractivity contribution in [3.63, 3.8) is 0 Å². The van der Waals surface area contributed by atoms with Crippen LogP contribution < -0.4 is 0 Å². The molecule has 0 radical (unpaired) electrons. The molecule has 158 valence electrons. The number of halogens is 1. The molecule has 1 aliphatic rings. The highest BCUT2D eigenvalue weighted by Crippen LogP contribution is 2.25. The summed E-state index contributed by atoms with van der Waals surface area (Å²) >= 11 is 5.70. The Morgan fingerprint density at radius 1 is 1.07 bits per heavy atom. The molecule has 2 aromatic carbocycles. The van der Waals surface area contributed by atoms with E-state index in [-0.39, 0.29) is 21.0 Å². The van der Waals surface area contributed by atoms with Gasteiger partial charge in [-0.25, -0.2) is 13.2 Å². The van der Waals surface area contributed by atoms with Gasteiger partial charge in [-0.1, -0.05) is 11.6 Å². The summed E-state index contributed by atoms with van der Waals surface area (Å²) in [5.74, 6) is -1.46. The average molecular weight is 453 g/mol. The van der Waals surface area contributed by atoms with E-state index in [2.05, 4.69) is 0 Å². The molecular formula is C19H17ClN2O7S. The third kappa shape index (κ3) is 4.66. The number of ketones is 1. The number of esters is 1. The maximum absolute atomic E-state index is 12.5. The van der Waals surface area contributed by atoms with Crippen LogP contribution in [0.2, 0.25) is 5.02 Å². The molecule has 1 aliphatic heterocycles. The van der Waals surface area contributed by atoms with E-state index in [9.17, 15) is 28.1 Å². The number of hydrogen-bond donors (Lipinski definition) is 0. The van der Waals surface area contributed by atoms with Gasteiger partial charge in [0.15, 0.2) is 12.4 Å². The van der Waals surface area contributed by atoms with Crippen molar-refractivity contribution in [1.29, 1.82) is 0 Å². The van der Waals surface area contributed by atoms with Crippen LogP contribution in [-0.4, -0.2) is 49.1 Å². The van der Waals surface area contributed by atoms with Crippen molar-refractivity contribution in [2.24, 2.45) is 0 Å². The SMILES string of the molecule is O=C(COC(=O)c1ccc(Cl)c([N+](=O)[O-])c1)c1ccc(S(=O)(=O)N2CCCC2)cc1. The van der Waals surface area contributed by atoms with Gasteiger partial charge in [-0.15, -0.1) is 0 Å². The molecular weight excluding hydrogens is 436 g/mol. The van der Waals surface area contributed by atoms with E-state index < -0.39 is 39.0 Å². The zero-order valence-corrected chi connectivity index (χ0v) is 17.2. The third-order valence-corrected chi connectivity index (χ3v) is 6.82. The lowest BCUT2D eigenvalue weighted by molar-refractivity contribution is -0.384. The van der Waals surface area contributed by atoms with Gasteiger partial charge in [-0.3, -0.25) is 14.9 Å². The van der Waals surface area contributed by atoms with E-state index in [0.717, 1.165) is 18.9 Å². The van der Waals surface area contributed by atoms with Gasteiger partial charge in [0, 0.05) is 24.7 Å². The number of ether oxygens (including phenoxy) is 1. The van der Waals surface area contributed by atoms with Crippen molar-refractivity contribution in [3.05, 3.63) is 68.7 Å². The van der Waals surface area contributed by atoms with Crippen molar-refractivity contribution in [1.82, 2.24) is 4.31 Å². The number of carbonyl (C=O) groups excluding carboxylic acids is 2. The highest BCUT2D eigenvalue weighted by atomic mass is 35.5. The Morgan fingerprint density at radius 3 is 2.27 bits per heavy atom. The quantitative estimate of drug-likeness (QED) is 0.273. The summed E-state index contributed by atoms with van der Waals surface area (Å²) in [6.07, 6.45) is 1.63. The highest BCUT2D eigenvalue weighted by molar-refractivity contribution is 7.89. The molecule has 2 aromatic rings. The molecule has 1 fully saturated rings. The molecule has 0 aromatic heterocycles. The molecule has 0 spiro atoms. The first-order chi connectivity index (χ1) is 14.2. The number of nitro benzene ring substituents is 1. The summed E-state index contributed by atoms with van der Waals surface area (Å²) in [5.41, 5.74) is -0.400. The van der Waals surface area contributed by atoms with E-state index >= 15 is 0 Å². The Hall–Kier alpha value is -2.82. The Labute approximate surface area is 177 Å². The standard InChI is InChI=1S/C19H17ClN2O7S/c20-16-8-5-14(11-17(16)22(25)26)19(24)29-12-18(23)13-3-6-15(7-4-13)30(27,28)21-9-1-2-10-21/h3-8,11H,1-2,9-10,12H2. The molecule has 0 amide bonds. The molecule has 0 aliphatic carbocycles. The lowest BCUT2D eigenvalue weighted by atomic mass is 10.1.